The Balaban J connectivity index is 1.07. The predicted molar refractivity (Wildman–Crippen MR) is 230 cm³/mol. The first-order valence-electron chi connectivity index (χ1n) is 20.7. The summed E-state index contributed by atoms with van der Waals surface area (Å²) in [5.41, 5.74) is 16.1. The van der Waals surface area contributed by atoms with E-state index in [9.17, 15) is 0 Å². The Morgan fingerprint density at radius 3 is 2.05 bits per heavy atom. The van der Waals surface area contributed by atoms with Crippen LogP contribution >= 0.6 is 0 Å². The van der Waals surface area contributed by atoms with Gasteiger partial charge in [-0.25, -0.2) is 9.97 Å². The van der Waals surface area contributed by atoms with Crippen LogP contribution in [0.2, 0.25) is 0 Å². The molecule has 0 amide bonds. The second-order valence-corrected chi connectivity index (χ2v) is 17.5. The molecule has 0 saturated heterocycles. The smallest absolute Gasteiger partial charge is 0.165 e. The molecule has 0 N–H and O–H groups in total. The van der Waals surface area contributed by atoms with E-state index in [-0.39, 0.29) is 5.41 Å². The Labute approximate surface area is 326 Å². The second-order valence-electron chi connectivity index (χ2n) is 17.5. The number of rotatable bonds is 3. The minimum Gasteiger partial charge on any atom is -0.291 e. The highest BCUT2D eigenvalue weighted by atomic mass is 15.1. The fourth-order valence-electron chi connectivity index (χ4n) is 12.6. The molecule has 4 fully saturated rings. The third-order valence-corrected chi connectivity index (χ3v) is 14.6. The Bertz CT molecular complexity index is 3100. The van der Waals surface area contributed by atoms with Gasteiger partial charge in [-0.15, -0.1) is 0 Å². The summed E-state index contributed by atoms with van der Waals surface area (Å²) in [6.45, 7) is 2.15. The van der Waals surface area contributed by atoms with Crippen LogP contribution in [0.1, 0.15) is 48.8 Å². The Morgan fingerprint density at radius 2 is 1.21 bits per heavy atom. The molecule has 0 unspecified atom stereocenters. The SMILES string of the molecule is Cc1cccc(-c2nc3ccccc3nc2-n2c3cc(-c4ccc5c(c4)-c4ccccc4C54C5CC6CC(C5)CC4C6)ccc3c3ccc4ccccc4c32)c1. The van der Waals surface area contributed by atoms with Crippen molar-refractivity contribution in [3.05, 3.63) is 162 Å². The van der Waals surface area contributed by atoms with Crippen molar-refractivity contribution in [3.8, 4) is 39.3 Å². The zero-order valence-corrected chi connectivity index (χ0v) is 31.5. The van der Waals surface area contributed by atoms with Crippen LogP contribution in [0.4, 0.5) is 0 Å². The third kappa shape index (κ3) is 4.13. The third-order valence-electron chi connectivity index (χ3n) is 14.6. The largest absolute Gasteiger partial charge is 0.291 e. The number of hydrogen-bond donors (Lipinski definition) is 0. The summed E-state index contributed by atoms with van der Waals surface area (Å²) in [5.74, 6) is 4.26. The van der Waals surface area contributed by atoms with Crippen molar-refractivity contribution in [2.75, 3.05) is 0 Å². The van der Waals surface area contributed by atoms with Crippen molar-refractivity contribution in [2.45, 2.75) is 44.4 Å². The van der Waals surface area contributed by atoms with Crippen LogP contribution in [0.25, 0.3) is 82.9 Å². The van der Waals surface area contributed by atoms with Crippen molar-refractivity contribution in [1.82, 2.24) is 14.5 Å². The molecule has 56 heavy (non-hydrogen) atoms. The fourth-order valence-corrected chi connectivity index (χ4v) is 12.6. The standard InChI is InChI=1S/C53H41N3/c1-31-9-8-11-37(23-31)50-52(55-48-16-7-6-15-47(48)54-50)56-49-30-36(18-20-42(49)43-21-17-34-10-2-3-12-40(34)51(43)56)35-19-22-46-44(29-35)41-13-4-5-14-45(41)53(46)38-25-32-24-33(27-38)28-39(53)26-32/h2-23,29-30,32-33,38-39H,24-28H2,1H3. The highest BCUT2D eigenvalue weighted by Gasteiger charge is 2.61. The van der Waals surface area contributed by atoms with E-state index in [4.69, 9.17) is 9.97 Å². The molecule has 9 aromatic rings. The lowest BCUT2D eigenvalue weighted by Gasteiger charge is -2.61. The average molecular weight is 720 g/mol. The molecule has 1 spiro atoms. The Morgan fingerprint density at radius 1 is 0.518 bits per heavy atom. The van der Waals surface area contributed by atoms with E-state index in [1.165, 1.54) is 87.0 Å². The summed E-state index contributed by atoms with van der Waals surface area (Å²) in [4.78, 5) is 10.9. The van der Waals surface area contributed by atoms with E-state index < -0.39 is 0 Å². The fraction of sp³-hybridized carbons (Fsp3) is 0.208. The first-order valence-corrected chi connectivity index (χ1v) is 20.7. The number of fused-ring (bicyclic) bond motifs is 9. The van der Waals surface area contributed by atoms with E-state index >= 15 is 0 Å². The van der Waals surface area contributed by atoms with Crippen LogP contribution in [0.3, 0.4) is 0 Å². The maximum Gasteiger partial charge on any atom is 0.165 e. The van der Waals surface area contributed by atoms with Gasteiger partial charge < -0.3 is 0 Å². The van der Waals surface area contributed by atoms with E-state index in [0.717, 1.165) is 57.3 Å². The molecule has 0 aliphatic heterocycles. The first-order chi connectivity index (χ1) is 27.6. The van der Waals surface area contributed by atoms with Crippen molar-refractivity contribution < 1.29 is 0 Å². The molecule has 2 aromatic heterocycles. The minimum atomic E-state index is 0.177. The molecule has 4 saturated carbocycles. The van der Waals surface area contributed by atoms with Crippen LogP contribution in [0.5, 0.6) is 0 Å². The molecule has 3 nitrogen and oxygen atoms in total. The van der Waals surface area contributed by atoms with Gasteiger partial charge in [0.15, 0.2) is 5.82 Å². The average Bonchev–Trinajstić information content (AvgIpc) is 3.72. The quantitative estimate of drug-likeness (QED) is 0.182. The molecule has 0 atom stereocenters. The van der Waals surface area contributed by atoms with Crippen LogP contribution < -0.4 is 0 Å². The maximum atomic E-state index is 5.49. The summed E-state index contributed by atoms with van der Waals surface area (Å²) in [7, 11) is 0. The highest BCUT2D eigenvalue weighted by Crippen LogP contribution is 2.69. The molecule has 14 rings (SSSR count). The van der Waals surface area contributed by atoms with Gasteiger partial charge in [-0.1, -0.05) is 121 Å². The number of hydrogen-bond acceptors (Lipinski definition) is 2. The van der Waals surface area contributed by atoms with Crippen molar-refractivity contribution in [1.29, 1.82) is 0 Å². The molecule has 268 valence electrons. The maximum absolute atomic E-state index is 5.49. The van der Waals surface area contributed by atoms with Crippen molar-refractivity contribution in [3.63, 3.8) is 0 Å². The Kier molecular flexibility index (Phi) is 6.27. The van der Waals surface area contributed by atoms with Crippen LogP contribution in [0.15, 0.2) is 146 Å². The molecule has 5 aliphatic rings. The molecule has 0 radical (unpaired) electrons. The van der Waals surface area contributed by atoms with Gasteiger partial charge in [0.25, 0.3) is 0 Å². The molecule has 5 aliphatic carbocycles. The van der Waals surface area contributed by atoms with Gasteiger partial charge >= 0.3 is 0 Å². The first kappa shape index (κ1) is 31.2. The van der Waals surface area contributed by atoms with E-state index in [1.807, 2.05) is 0 Å². The van der Waals surface area contributed by atoms with E-state index in [1.54, 1.807) is 11.1 Å². The normalized spacial score (nSPS) is 23.2. The highest BCUT2D eigenvalue weighted by molar-refractivity contribution is 6.19. The van der Waals surface area contributed by atoms with Crippen molar-refractivity contribution in [2.24, 2.45) is 23.7 Å². The number of para-hydroxylation sites is 2. The summed E-state index contributed by atoms with van der Waals surface area (Å²) in [6.07, 6.45) is 7.09. The molecular weight excluding hydrogens is 679 g/mol. The monoisotopic (exact) mass is 719 g/mol. The molecule has 4 bridgehead atoms. The van der Waals surface area contributed by atoms with Gasteiger partial charge in [0.2, 0.25) is 0 Å². The summed E-state index contributed by atoms with van der Waals surface area (Å²) < 4.78 is 2.42. The lowest BCUT2D eigenvalue weighted by atomic mass is 9.43. The van der Waals surface area contributed by atoms with Crippen LogP contribution in [0, 0.1) is 30.6 Å². The van der Waals surface area contributed by atoms with E-state index in [0.29, 0.717) is 0 Å². The number of benzene rings is 7. The molecule has 7 aromatic carbocycles. The molecule has 2 heterocycles. The lowest BCUT2D eigenvalue weighted by molar-refractivity contribution is -0.0399. The van der Waals surface area contributed by atoms with Crippen LogP contribution in [-0.4, -0.2) is 14.5 Å². The predicted octanol–water partition coefficient (Wildman–Crippen LogP) is 13.2. The van der Waals surface area contributed by atoms with E-state index in [2.05, 4.69) is 157 Å². The number of nitrogens with zero attached hydrogens (tertiary/aromatic N) is 3. The summed E-state index contributed by atoms with van der Waals surface area (Å²) >= 11 is 0. The Hall–Kier alpha value is -6.06. The van der Waals surface area contributed by atoms with Gasteiger partial charge in [-0.05, 0) is 132 Å². The zero-order chi connectivity index (χ0) is 36.7. The van der Waals surface area contributed by atoms with Crippen molar-refractivity contribution >= 4 is 43.6 Å². The summed E-state index contributed by atoms with van der Waals surface area (Å²) in [6, 6.07) is 54.4. The van der Waals surface area contributed by atoms with Crippen LogP contribution in [-0.2, 0) is 5.41 Å². The zero-order valence-electron chi connectivity index (χ0n) is 31.5. The number of aromatic nitrogens is 3. The lowest BCUT2D eigenvalue weighted by Crippen LogP contribution is -2.55. The van der Waals surface area contributed by atoms with Gasteiger partial charge in [0.05, 0.1) is 22.1 Å². The minimum absolute atomic E-state index is 0.177. The van der Waals surface area contributed by atoms with Gasteiger partial charge in [0, 0.05) is 27.1 Å². The number of aryl methyl sites for hydroxylation is 1. The second kappa shape index (κ2) is 11.3. The molecule has 3 heteroatoms. The topological polar surface area (TPSA) is 30.7 Å². The van der Waals surface area contributed by atoms with Gasteiger partial charge in [-0.3, -0.25) is 4.57 Å². The molecular formula is C53H41N3. The summed E-state index contributed by atoms with van der Waals surface area (Å²) in [5, 5.41) is 4.87. The van der Waals surface area contributed by atoms with Gasteiger partial charge in [0.1, 0.15) is 5.69 Å². The van der Waals surface area contributed by atoms with Gasteiger partial charge in [-0.2, -0.15) is 0 Å².